The number of fused-ring (bicyclic) bond motifs is 1. The Labute approximate surface area is 134 Å². The lowest BCUT2D eigenvalue weighted by Crippen LogP contribution is -2.18. The first-order valence-electron chi connectivity index (χ1n) is 7.38. The van der Waals surface area contributed by atoms with E-state index in [1.807, 2.05) is 7.05 Å². The summed E-state index contributed by atoms with van der Waals surface area (Å²) in [4.78, 5) is 0. The molecule has 0 saturated carbocycles. The zero-order valence-electron chi connectivity index (χ0n) is 12.4. The molecular weight excluding hydrogens is 326 g/mol. The van der Waals surface area contributed by atoms with Gasteiger partial charge in [-0.1, -0.05) is 40.2 Å². The minimum absolute atomic E-state index is 0.203. The van der Waals surface area contributed by atoms with E-state index in [4.69, 9.17) is 4.74 Å². The highest BCUT2D eigenvalue weighted by Crippen LogP contribution is 2.31. The van der Waals surface area contributed by atoms with E-state index in [2.05, 4.69) is 64.6 Å². The molecule has 2 aromatic rings. The molecule has 0 radical (unpaired) electrons. The highest BCUT2D eigenvalue weighted by Gasteiger charge is 2.17. The van der Waals surface area contributed by atoms with E-state index in [9.17, 15) is 0 Å². The lowest BCUT2D eigenvalue weighted by molar-refractivity contribution is 0.288. The zero-order chi connectivity index (χ0) is 14.8. The predicted octanol–water partition coefficient (Wildman–Crippen LogP) is 4.39. The van der Waals surface area contributed by atoms with E-state index in [0.717, 1.165) is 29.7 Å². The van der Waals surface area contributed by atoms with E-state index >= 15 is 0 Å². The Kier molecular flexibility index (Phi) is 4.32. The van der Waals surface area contributed by atoms with Crippen molar-refractivity contribution in [3.8, 4) is 5.75 Å². The van der Waals surface area contributed by atoms with E-state index in [1.165, 1.54) is 22.3 Å². The topological polar surface area (TPSA) is 21.3 Å². The van der Waals surface area contributed by atoms with Crippen LogP contribution in [0, 0.1) is 6.92 Å². The van der Waals surface area contributed by atoms with Gasteiger partial charge in [0.05, 0.1) is 12.6 Å². The molecule has 3 rings (SSSR count). The van der Waals surface area contributed by atoms with Crippen molar-refractivity contribution >= 4 is 15.9 Å². The molecule has 0 spiro atoms. The van der Waals surface area contributed by atoms with Crippen LogP contribution in [0.4, 0.5) is 0 Å². The van der Waals surface area contributed by atoms with Gasteiger partial charge in [-0.05, 0) is 61.2 Å². The SMILES string of the molecule is CNC(c1ccc(C)c(Br)c1)c1ccc2c(c1)CCCO2. The van der Waals surface area contributed by atoms with Crippen LogP contribution < -0.4 is 10.1 Å². The van der Waals surface area contributed by atoms with Gasteiger partial charge in [0, 0.05) is 4.47 Å². The predicted molar refractivity (Wildman–Crippen MR) is 90.0 cm³/mol. The molecule has 2 nitrogen and oxygen atoms in total. The summed E-state index contributed by atoms with van der Waals surface area (Å²) in [6.45, 7) is 2.95. The molecule has 0 amide bonds. The van der Waals surface area contributed by atoms with E-state index in [1.54, 1.807) is 0 Å². The monoisotopic (exact) mass is 345 g/mol. The smallest absolute Gasteiger partial charge is 0.122 e. The number of hydrogen-bond acceptors (Lipinski definition) is 2. The maximum Gasteiger partial charge on any atom is 0.122 e. The first-order valence-corrected chi connectivity index (χ1v) is 8.17. The average molecular weight is 346 g/mol. The number of hydrogen-bond donors (Lipinski definition) is 1. The Morgan fingerprint density at radius 3 is 2.67 bits per heavy atom. The summed E-state index contributed by atoms with van der Waals surface area (Å²) in [5.74, 6) is 1.05. The van der Waals surface area contributed by atoms with Gasteiger partial charge < -0.3 is 10.1 Å². The molecule has 0 fully saturated rings. The van der Waals surface area contributed by atoms with Crippen molar-refractivity contribution in [3.63, 3.8) is 0 Å². The quantitative estimate of drug-likeness (QED) is 0.890. The summed E-state index contributed by atoms with van der Waals surface area (Å²) in [6, 6.07) is 13.3. The lowest BCUT2D eigenvalue weighted by atomic mass is 9.94. The molecule has 0 aromatic heterocycles. The van der Waals surface area contributed by atoms with Crippen LogP contribution in [0.25, 0.3) is 0 Å². The van der Waals surface area contributed by atoms with Gasteiger partial charge in [-0.3, -0.25) is 0 Å². The zero-order valence-corrected chi connectivity index (χ0v) is 14.0. The first kappa shape index (κ1) is 14.6. The van der Waals surface area contributed by atoms with E-state index < -0.39 is 0 Å². The molecule has 1 atom stereocenters. The second-order valence-electron chi connectivity index (χ2n) is 5.55. The summed E-state index contributed by atoms with van der Waals surface area (Å²) in [6.07, 6.45) is 2.22. The molecule has 110 valence electrons. The highest BCUT2D eigenvalue weighted by molar-refractivity contribution is 9.10. The van der Waals surface area contributed by atoms with Crippen LogP contribution in [0.15, 0.2) is 40.9 Å². The van der Waals surface area contributed by atoms with Gasteiger partial charge in [0.25, 0.3) is 0 Å². The summed E-state index contributed by atoms with van der Waals surface area (Å²) in [5.41, 5.74) is 5.14. The van der Waals surface area contributed by atoms with Crippen LogP contribution in [-0.2, 0) is 6.42 Å². The summed E-state index contributed by atoms with van der Waals surface area (Å²) < 4.78 is 6.86. The molecule has 21 heavy (non-hydrogen) atoms. The second kappa shape index (κ2) is 6.20. The highest BCUT2D eigenvalue weighted by atomic mass is 79.9. The van der Waals surface area contributed by atoms with Crippen molar-refractivity contribution in [2.24, 2.45) is 0 Å². The van der Waals surface area contributed by atoms with E-state index in [0.29, 0.717) is 0 Å². The summed E-state index contributed by atoms with van der Waals surface area (Å²) in [7, 11) is 2.01. The number of rotatable bonds is 3. The standard InChI is InChI=1S/C18H20BrNO/c1-12-5-6-15(11-16(12)19)18(20-2)14-7-8-17-13(10-14)4-3-9-21-17/h5-8,10-11,18,20H,3-4,9H2,1-2H3. The number of ether oxygens (including phenoxy) is 1. The van der Waals surface area contributed by atoms with Crippen molar-refractivity contribution < 1.29 is 4.74 Å². The van der Waals surface area contributed by atoms with Crippen LogP contribution >= 0.6 is 15.9 Å². The van der Waals surface area contributed by atoms with Gasteiger partial charge in [0.2, 0.25) is 0 Å². The Bertz CT molecular complexity index is 654. The fraction of sp³-hybridized carbons (Fsp3) is 0.333. The van der Waals surface area contributed by atoms with Crippen molar-refractivity contribution in [3.05, 3.63) is 63.1 Å². The molecule has 2 aromatic carbocycles. The lowest BCUT2D eigenvalue weighted by Gasteiger charge is -2.22. The number of benzene rings is 2. The number of halogens is 1. The van der Waals surface area contributed by atoms with Gasteiger partial charge in [-0.15, -0.1) is 0 Å². The Morgan fingerprint density at radius 1 is 1.14 bits per heavy atom. The molecule has 1 heterocycles. The fourth-order valence-corrected chi connectivity index (χ4v) is 3.27. The third-order valence-electron chi connectivity index (χ3n) is 4.08. The largest absolute Gasteiger partial charge is 0.493 e. The molecule has 1 aliphatic heterocycles. The van der Waals surface area contributed by atoms with Gasteiger partial charge in [0.1, 0.15) is 5.75 Å². The number of nitrogens with one attached hydrogen (secondary N) is 1. The van der Waals surface area contributed by atoms with Gasteiger partial charge in [-0.25, -0.2) is 0 Å². The van der Waals surface area contributed by atoms with Gasteiger partial charge in [-0.2, -0.15) is 0 Å². The Balaban J connectivity index is 1.97. The van der Waals surface area contributed by atoms with Crippen LogP contribution in [0.3, 0.4) is 0 Å². The first-order chi connectivity index (χ1) is 10.2. The van der Waals surface area contributed by atoms with Crippen molar-refractivity contribution in [1.29, 1.82) is 0 Å². The maximum absolute atomic E-state index is 5.70. The normalized spacial score (nSPS) is 15.2. The molecule has 3 heteroatoms. The average Bonchev–Trinajstić information content (AvgIpc) is 2.51. The minimum atomic E-state index is 0.203. The molecule has 1 aliphatic rings. The Hall–Kier alpha value is -1.32. The third-order valence-corrected chi connectivity index (χ3v) is 4.94. The minimum Gasteiger partial charge on any atom is -0.493 e. The second-order valence-corrected chi connectivity index (χ2v) is 6.40. The third kappa shape index (κ3) is 2.99. The van der Waals surface area contributed by atoms with Gasteiger partial charge >= 0.3 is 0 Å². The van der Waals surface area contributed by atoms with Crippen molar-refractivity contribution in [1.82, 2.24) is 5.32 Å². The maximum atomic E-state index is 5.70. The van der Waals surface area contributed by atoms with Crippen LogP contribution in [0.2, 0.25) is 0 Å². The molecule has 0 saturated heterocycles. The number of aryl methyl sites for hydroxylation is 2. The molecule has 1 unspecified atom stereocenters. The van der Waals surface area contributed by atoms with Crippen LogP contribution in [0.5, 0.6) is 5.75 Å². The molecular formula is C18H20BrNO. The van der Waals surface area contributed by atoms with Crippen LogP contribution in [0.1, 0.15) is 34.7 Å². The van der Waals surface area contributed by atoms with Gasteiger partial charge in [0.15, 0.2) is 0 Å². The van der Waals surface area contributed by atoms with Crippen LogP contribution in [-0.4, -0.2) is 13.7 Å². The molecule has 0 bridgehead atoms. The summed E-state index contributed by atoms with van der Waals surface area (Å²) in [5, 5.41) is 3.43. The van der Waals surface area contributed by atoms with Crippen molar-refractivity contribution in [2.45, 2.75) is 25.8 Å². The summed E-state index contributed by atoms with van der Waals surface area (Å²) >= 11 is 3.63. The fourth-order valence-electron chi connectivity index (χ4n) is 2.87. The molecule has 1 N–H and O–H groups in total. The van der Waals surface area contributed by atoms with E-state index in [-0.39, 0.29) is 6.04 Å². The van der Waals surface area contributed by atoms with Crippen molar-refractivity contribution in [2.75, 3.05) is 13.7 Å². The Morgan fingerprint density at radius 2 is 1.90 bits per heavy atom. The molecule has 0 aliphatic carbocycles.